The van der Waals surface area contributed by atoms with Crippen LogP contribution in [0.1, 0.15) is 6.42 Å². The van der Waals surface area contributed by atoms with Crippen molar-refractivity contribution in [3.8, 4) is 5.75 Å². The van der Waals surface area contributed by atoms with Crippen molar-refractivity contribution in [2.75, 3.05) is 31.7 Å². The monoisotopic (exact) mass is 281 g/mol. The normalized spacial score (nSPS) is 18.8. The second-order valence-electron chi connectivity index (χ2n) is 4.79. The number of likely N-dealkylation sites (N-methyl/N-ethyl adjacent to an activating group) is 1. The summed E-state index contributed by atoms with van der Waals surface area (Å²) >= 11 is 2.01. The van der Waals surface area contributed by atoms with Crippen LogP contribution in [0, 0.1) is 0 Å². The Labute approximate surface area is 118 Å². The van der Waals surface area contributed by atoms with E-state index >= 15 is 0 Å². The molecule has 1 atom stereocenters. The minimum absolute atomic E-state index is 0.457. The van der Waals surface area contributed by atoms with Gasteiger partial charge in [0.05, 0.1) is 0 Å². The molecule has 0 radical (unpaired) electrons. The van der Waals surface area contributed by atoms with Crippen LogP contribution >= 0.6 is 11.8 Å². The van der Waals surface area contributed by atoms with Crippen molar-refractivity contribution in [2.24, 2.45) is 0 Å². The van der Waals surface area contributed by atoms with Crippen molar-refractivity contribution in [3.63, 3.8) is 0 Å². The van der Waals surface area contributed by atoms with Gasteiger partial charge < -0.3 is 14.8 Å². The molecule has 2 N–H and O–H groups in total. The third-order valence-corrected chi connectivity index (χ3v) is 4.54. The van der Waals surface area contributed by atoms with Crippen LogP contribution in [0.2, 0.25) is 0 Å². The molecule has 6 heteroatoms. The molecule has 0 spiro atoms. The highest BCUT2D eigenvalue weighted by Crippen LogP contribution is 2.21. The number of hydrogen-bond donors (Lipinski definition) is 2. The maximum absolute atomic E-state index is 9.09. The van der Waals surface area contributed by atoms with Crippen LogP contribution in [0.4, 0.5) is 0 Å². The average Bonchev–Trinajstić information content (AvgIpc) is 2.93. The van der Waals surface area contributed by atoms with Crippen LogP contribution in [-0.2, 0) is 0 Å². The number of nitrogens with zero attached hydrogens (tertiary/aromatic N) is 1. The quantitative estimate of drug-likeness (QED) is 0.729. The maximum Gasteiger partial charge on any atom is 0.488 e. The molecule has 0 aliphatic carbocycles. The summed E-state index contributed by atoms with van der Waals surface area (Å²) in [5, 5.41) is 18.2. The first-order valence-electron chi connectivity index (χ1n) is 6.53. The predicted octanol–water partition coefficient (Wildman–Crippen LogP) is 0.182. The van der Waals surface area contributed by atoms with Crippen molar-refractivity contribution < 1.29 is 14.8 Å². The summed E-state index contributed by atoms with van der Waals surface area (Å²) in [5.74, 6) is 3.15. The predicted molar refractivity (Wildman–Crippen MR) is 80.1 cm³/mol. The zero-order valence-corrected chi connectivity index (χ0v) is 12.0. The smallest absolute Gasteiger partial charge is 0.488 e. The van der Waals surface area contributed by atoms with Crippen molar-refractivity contribution >= 4 is 24.3 Å². The van der Waals surface area contributed by atoms with Gasteiger partial charge in [0, 0.05) is 18.3 Å². The third-order valence-electron chi connectivity index (χ3n) is 3.40. The maximum atomic E-state index is 9.09. The molecule has 1 saturated heterocycles. The number of rotatable bonds is 6. The average molecular weight is 281 g/mol. The Balaban J connectivity index is 1.77. The van der Waals surface area contributed by atoms with Crippen LogP contribution in [-0.4, -0.2) is 59.8 Å². The Morgan fingerprint density at radius 2 is 2.32 bits per heavy atom. The van der Waals surface area contributed by atoms with Crippen LogP contribution < -0.4 is 10.2 Å². The van der Waals surface area contributed by atoms with E-state index in [-0.39, 0.29) is 0 Å². The SMILES string of the molecule is CN(CCOc1cccc(B(O)O)c1)C1CCSC1. The molecule has 1 aliphatic heterocycles. The van der Waals surface area contributed by atoms with Gasteiger partial charge >= 0.3 is 7.12 Å². The van der Waals surface area contributed by atoms with E-state index in [1.165, 1.54) is 17.9 Å². The molecule has 0 saturated carbocycles. The zero-order valence-electron chi connectivity index (χ0n) is 11.2. The van der Waals surface area contributed by atoms with Crippen molar-refractivity contribution in [3.05, 3.63) is 24.3 Å². The fourth-order valence-corrected chi connectivity index (χ4v) is 3.42. The fourth-order valence-electron chi connectivity index (χ4n) is 2.12. The molecule has 1 unspecified atom stereocenters. The lowest BCUT2D eigenvalue weighted by Gasteiger charge is -2.23. The van der Waals surface area contributed by atoms with Crippen molar-refractivity contribution in [2.45, 2.75) is 12.5 Å². The molecule has 4 nitrogen and oxygen atoms in total. The molecular formula is C13H20BNO3S. The fraction of sp³-hybridized carbons (Fsp3) is 0.538. The molecule has 19 heavy (non-hydrogen) atoms. The van der Waals surface area contributed by atoms with E-state index in [4.69, 9.17) is 14.8 Å². The molecule has 2 rings (SSSR count). The van der Waals surface area contributed by atoms with Gasteiger partial charge in [0.1, 0.15) is 12.4 Å². The molecule has 0 amide bonds. The van der Waals surface area contributed by atoms with Gasteiger partial charge in [-0.25, -0.2) is 0 Å². The van der Waals surface area contributed by atoms with Gasteiger partial charge in [0.2, 0.25) is 0 Å². The van der Waals surface area contributed by atoms with Gasteiger partial charge in [-0.1, -0.05) is 12.1 Å². The first-order chi connectivity index (χ1) is 9.16. The second-order valence-corrected chi connectivity index (χ2v) is 5.94. The topological polar surface area (TPSA) is 52.9 Å². The molecule has 1 aromatic rings. The standard InChI is InChI=1S/C13H20BNO3S/c1-15(12-5-8-19-10-12)6-7-18-13-4-2-3-11(9-13)14(16)17/h2-4,9,12,16-17H,5-8,10H2,1H3. The summed E-state index contributed by atoms with van der Waals surface area (Å²) in [6, 6.07) is 7.59. The lowest BCUT2D eigenvalue weighted by atomic mass is 9.80. The molecule has 1 aliphatic rings. The van der Waals surface area contributed by atoms with Crippen LogP contribution in [0.25, 0.3) is 0 Å². The highest BCUT2D eigenvalue weighted by atomic mass is 32.2. The molecule has 104 valence electrons. The van der Waals surface area contributed by atoms with E-state index in [0.717, 1.165) is 6.54 Å². The molecule has 1 fully saturated rings. The highest BCUT2D eigenvalue weighted by Gasteiger charge is 2.19. The van der Waals surface area contributed by atoms with Gasteiger partial charge in [-0.05, 0) is 36.8 Å². The summed E-state index contributed by atoms with van der Waals surface area (Å²) in [6.45, 7) is 1.50. The molecule has 0 bridgehead atoms. The number of ether oxygens (including phenoxy) is 1. The van der Waals surface area contributed by atoms with E-state index in [2.05, 4.69) is 11.9 Å². The summed E-state index contributed by atoms with van der Waals surface area (Å²) in [7, 11) is 0.690. The molecule has 1 aromatic carbocycles. The van der Waals surface area contributed by atoms with E-state index in [0.29, 0.717) is 23.9 Å². The number of hydrogen-bond acceptors (Lipinski definition) is 5. The van der Waals surface area contributed by atoms with E-state index in [1.54, 1.807) is 18.2 Å². The van der Waals surface area contributed by atoms with Gasteiger partial charge in [-0.3, -0.25) is 4.90 Å². The van der Waals surface area contributed by atoms with Gasteiger partial charge in [0.25, 0.3) is 0 Å². The Hall–Kier alpha value is -0.685. The lowest BCUT2D eigenvalue weighted by Crippen LogP contribution is -2.35. The third kappa shape index (κ3) is 4.42. The van der Waals surface area contributed by atoms with Crippen molar-refractivity contribution in [1.29, 1.82) is 0 Å². The molecule has 1 heterocycles. The first kappa shape index (κ1) is 14.7. The van der Waals surface area contributed by atoms with Gasteiger partial charge in [-0.15, -0.1) is 0 Å². The Morgan fingerprint density at radius 1 is 1.47 bits per heavy atom. The van der Waals surface area contributed by atoms with Crippen molar-refractivity contribution in [1.82, 2.24) is 4.90 Å². The summed E-state index contributed by atoms with van der Waals surface area (Å²) in [4.78, 5) is 2.34. The van der Waals surface area contributed by atoms with E-state index in [9.17, 15) is 0 Å². The van der Waals surface area contributed by atoms with Gasteiger partial charge in [-0.2, -0.15) is 11.8 Å². The highest BCUT2D eigenvalue weighted by molar-refractivity contribution is 7.99. The lowest BCUT2D eigenvalue weighted by molar-refractivity contribution is 0.202. The largest absolute Gasteiger partial charge is 0.492 e. The van der Waals surface area contributed by atoms with Crippen LogP contribution in [0.3, 0.4) is 0 Å². The Bertz CT molecular complexity index is 399. The number of thioether (sulfide) groups is 1. The number of benzene rings is 1. The van der Waals surface area contributed by atoms with E-state index in [1.807, 2.05) is 17.8 Å². The second kappa shape index (κ2) is 7.19. The Morgan fingerprint density at radius 3 is 3.00 bits per heavy atom. The summed E-state index contributed by atoms with van der Waals surface area (Å²) in [6.07, 6.45) is 1.26. The minimum atomic E-state index is -1.44. The minimum Gasteiger partial charge on any atom is -0.492 e. The van der Waals surface area contributed by atoms with E-state index < -0.39 is 7.12 Å². The first-order valence-corrected chi connectivity index (χ1v) is 7.69. The molecule has 0 aromatic heterocycles. The zero-order chi connectivity index (χ0) is 13.7. The van der Waals surface area contributed by atoms with Crippen LogP contribution in [0.5, 0.6) is 5.75 Å². The molecular weight excluding hydrogens is 261 g/mol. The van der Waals surface area contributed by atoms with Gasteiger partial charge in [0.15, 0.2) is 0 Å². The summed E-state index contributed by atoms with van der Waals surface area (Å²) in [5.41, 5.74) is 0.457. The summed E-state index contributed by atoms with van der Waals surface area (Å²) < 4.78 is 5.66. The van der Waals surface area contributed by atoms with Crippen LogP contribution in [0.15, 0.2) is 24.3 Å². The Kier molecular flexibility index (Phi) is 5.57.